The molecular formula is C31H50O2. The van der Waals surface area contributed by atoms with Crippen LogP contribution in [0.1, 0.15) is 119 Å². The molecule has 0 aliphatic heterocycles. The van der Waals surface area contributed by atoms with Crippen molar-refractivity contribution >= 4 is 5.78 Å². The molecule has 0 aromatic rings. The quantitative estimate of drug-likeness (QED) is 0.422. The molecule has 0 aromatic heterocycles. The van der Waals surface area contributed by atoms with Crippen molar-refractivity contribution in [2.75, 3.05) is 0 Å². The van der Waals surface area contributed by atoms with Crippen LogP contribution in [0.15, 0.2) is 22.8 Å². The summed E-state index contributed by atoms with van der Waals surface area (Å²) in [5.74, 6) is 1.81. The van der Waals surface area contributed by atoms with Gasteiger partial charge in [-0.3, -0.25) is 4.79 Å². The van der Waals surface area contributed by atoms with E-state index in [1.165, 1.54) is 44.9 Å². The van der Waals surface area contributed by atoms with Gasteiger partial charge in [0.1, 0.15) is 6.10 Å². The van der Waals surface area contributed by atoms with Gasteiger partial charge in [0.15, 0.2) is 5.78 Å². The van der Waals surface area contributed by atoms with Crippen LogP contribution >= 0.6 is 0 Å². The smallest absolute Gasteiger partial charge is 0.164 e. The Hall–Kier alpha value is -0.890. The maximum Gasteiger partial charge on any atom is 0.164 e. The van der Waals surface area contributed by atoms with E-state index in [1.54, 1.807) is 11.1 Å². The van der Waals surface area contributed by atoms with Gasteiger partial charge < -0.3 is 5.11 Å². The molecule has 2 nitrogen and oxygen atoms in total. The molecule has 186 valence electrons. The highest BCUT2D eigenvalue weighted by Crippen LogP contribution is 2.66. The summed E-state index contributed by atoms with van der Waals surface area (Å²) >= 11 is 0. The molecule has 4 aliphatic carbocycles. The first-order valence-corrected chi connectivity index (χ1v) is 14.1. The van der Waals surface area contributed by atoms with Gasteiger partial charge >= 0.3 is 0 Å². The lowest BCUT2D eigenvalue weighted by Crippen LogP contribution is -2.47. The number of allylic oxidation sites excluding steroid dienone is 4. The maximum absolute atomic E-state index is 12.8. The van der Waals surface area contributed by atoms with E-state index in [0.29, 0.717) is 29.1 Å². The summed E-state index contributed by atoms with van der Waals surface area (Å²) in [4.78, 5) is 12.8. The first kappa shape index (κ1) is 25.2. The van der Waals surface area contributed by atoms with Crippen LogP contribution < -0.4 is 0 Å². The van der Waals surface area contributed by atoms with Crippen LogP contribution in [0.25, 0.3) is 0 Å². The lowest BCUT2D eigenvalue weighted by molar-refractivity contribution is -0.132. The van der Waals surface area contributed by atoms with Crippen molar-refractivity contribution in [1.29, 1.82) is 0 Å². The fraction of sp³-hybridized carbons (Fsp3) is 0.839. The Morgan fingerprint density at radius 2 is 1.76 bits per heavy atom. The molecule has 6 atom stereocenters. The lowest BCUT2D eigenvalue weighted by atomic mass is 9.47. The zero-order chi connectivity index (χ0) is 24.2. The molecule has 0 bridgehead atoms. The molecule has 0 spiro atoms. The van der Waals surface area contributed by atoms with Crippen LogP contribution in [0, 0.1) is 39.9 Å². The van der Waals surface area contributed by atoms with Crippen LogP contribution in [0.4, 0.5) is 0 Å². The number of Topliss-reactive ketones (excluding diaryl/α,β-unsaturated/α-hetero) is 1. The van der Waals surface area contributed by atoms with Gasteiger partial charge in [-0.25, -0.2) is 0 Å². The molecule has 4 aliphatic rings. The molecule has 1 N–H and O–H groups in total. The Labute approximate surface area is 203 Å². The average Bonchev–Trinajstić information content (AvgIpc) is 3.11. The van der Waals surface area contributed by atoms with Crippen LogP contribution in [0.5, 0.6) is 0 Å². The minimum Gasteiger partial charge on any atom is -0.385 e. The number of ketones is 1. The molecule has 33 heavy (non-hydrogen) atoms. The molecule has 1 fully saturated rings. The molecule has 2 heteroatoms. The van der Waals surface area contributed by atoms with Crippen molar-refractivity contribution < 1.29 is 9.90 Å². The fourth-order valence-electron chi connectivity index (χ4n) is 9.28. The number of rotatable bonds is 7. The van der Waals surface area contributed by atoms with Gasteiger partial charge in [0.25, 0.3) is 0 Å². The summed E-state index contributed by atoms with van der Waals surface area (Å²) in [7, 11) is 0. The van der Waals surface area contributed by atoms with Crippen LogP contribution in [0.3, 0.4) is 0 Å². The Morgan fingerprint density at radius 1 is 1.06 bits per heavy atom. The van der Waals surface area contributed by atoms with E-state index in [0.717, 1.165) is 25.2 Å². The van der Waals surface area contributed by atoms with Gasteiger partial charge in [-0.1, -0.05) is 66.5 Å². The maximum atomic E-state index is 12.8. The molecule has 0 radical (unpaired) electrons. The van der Waals surface area contributed by atoms with Gasteiger partial charge in [-0.05, 0) is 109 Å². The van der Waals surface area contributed by atoms with Gasteiger partial charge in [0.2, 0.25) is 0 Å². The molecule has 0 saturated heterocycles. The van der Waals surface area contributed by atoms with E-state index >= 15 is 0 Å². The topological polar surface area (TPSA) is 37.3 Å². The average molecular weight is 455 g/mol. The molecule has 4 rings (SSSR count). The highest BCUT2D eigenvalue weighted by Gasteiger charge is 2.55. The number of carbonyl (C=O) groups excluding carboxylic acids is 1. The molecule has 0 aromatic carbocycles. The third kappa shape index (κ3) is 4.01. The first-order valence-electron chi connectivity index (χ1n) is 14.1. The largest absolute Gasteiger partial charge is 0.385 e. The Kier molecular flexibility index (Phi) is 6.84. The minimum atomic E-state index is -0.797. The highest BCUT2D eigenvalue weighted by atomic mass is 16.3. The van der Waals surface area contributed by atoms with Crippen molar-refractivity contribution in [2.45, 2.75) is 125 Å². The Balaban J connectivity index is 1.54. The summed E-state index contributed by atoms with van der Waals surface area (Å²) in [6.07, 6.45) is 14.4. The second-order valence-corrected chi connectivity index (χ2v) is 13.3. The van der Waals surface area contributed by atoms with Crippen LogP contribution in [-0.4, -0.2) is 17.0 Å². The van der Waals surface area contributed by atoms with Crippen molar-refractivity contribution in [3.05, 3.63) is 22.8 Å². The van der Waals surface area contributed by atoms with Crippen molar-refractivity contribution in [3.63, 3.8) is 0 Å². The molecule has 1 saturated carbocycles. The van der Waals surface area contributed by atoms with Crippen LogP contribution in [-0.2, 0) is 4.79 Å². The van der Waals surface area contributed by atoms with Gasteiger partial charge in [0, 0.05) is 5.92 Å². The third-order valence-corrected chi connectivity index (χ3v) is 11.2. The first-order chi connectivity index (χ1) is 15.5. The summed E-state index contributed by atoms with van der Waals surface area (Å²) in [5, 5.41) is 10.8. The minimum absolute atomic E-state index is 0.0121. The number of hydrogen-bond acceptors (Lipinski definition) is 2. The lowest BCUT2D eigenvalue weighted by Gasteiger charge is -2.58. The van der Waals surface area contributed by atoms with Gasteiger partial charge in [0.05, 0.1) is 0 Å². The van der Waals surface area contributed by atoms with Crippen LogP contribution in [0.2, 0.25) is 0 Å². The standard InChI is InChI=1S/C31H50O2/c1-8-21(9-2)28(33)26(32)19-20(3)23-12-13-24-22-11-14-27-29(4,5)16-10-17-31(27,7)25(22)15-18-30(23,24)6/h13,20-21,23,26-27,32H,8-12,14-19H2,1-7H3/t20-,23-,26?,27+,30-,31-/m1/s1. The van der Waals surface area contributed by atoms with Gasteiger partial charge in [-0.2, -0.15) is 0 Å². The van der Waals surface area contributed by atoms with Crippen molar-refractivity contribution in [1.82, 2.24) is 0 Å². The molecule has 0 heterocycles. The number of aliphatic hydroxyl groups is 1. The zero-order valence-electron chi connectivity index (χ0n) is 22.6. The van der Waals surface area contributed by atoms with E-state index in [4.69, 9.17) is 0 Å². The Bertz CT molecular complexity index is 828. The Morgan fingerprint density at radius 3 is 2.42 bits per heavy atom. The fourth-order valence-corrected chi connectivity index (χ4v) is 9.28. The summed E-state index contributed by atoms with van der Waals surface area (Å²) in [6.45, 7) is 16.6. The number of fused-ring (bicyclic) bond motifs is 4. The monoisotopic (exact) mass is 454 g/mol. The van der Waals surface area contributed by atoms with E-state index in [2.05, 4.69) is 54.5 Å². The van der Waals surface area contributed by atoms with E-state index in [9.17, 15) is 9.90 Å². The summed E-state index contributed by atoms with van der Waals surface area (Å²) in [5.41, 5.74) is 6.26. The third-order valence-electron chi connectivity index (χ3n) is 11.2. The highest BCUT2D eigenvalue weighted by molar-refractivity contribution is 5.85. The normalized spacial score (nSPS) is 37.2. The molecule has 0 amide bonds. The van der Waals surface area contributed by atoms with Gasteiger partial charge in [-0.15, -0.1) is 0 Å². The second kappa shape index (κ2) is 8.96. The predicted octanol–water partition coefficient (Wildman–Crippen LogP) is 8.05. The predicted molar refractivity (Wildman–Crippen MR) is 138 cm³/mol. The SMILES string of the molecule is CCC(CC)C(=O)C(O)C[C@@H](C)[C@H]1CC=C2C3=C(CC[C@@]21C)[C@@]1(C)CCCC(C)(C)[C@@H]1CC3. The summed E-state index contributed by atoms with van der Waals surface area (Å²) in [6, 6.07) is 0. The van der Waals surface area contributed by atoms with Crippen molar-refractivity contribution in [3.8, 4) is 0 Å². The molecule has 1 unspecified atom stereocenters. The molecular weight excluding hydrogens is 404 g/mol. The van der Waals surface area contributed by atoms with E-state index in [-0.39, 0.29) is 17.1 Å². The van der Waals surface area contributed by atoms with E-state index < -0.39 is 6.10 Å². The zero-order valence-corrected chi connectivity index (χ0v) is 22.6. The second-order valence-electron chi connectivity index (χ2n) is 13.3. The van der Waals surface area contributed by atoms with Crippen molar-refractivity contribution in [2.24, 2.45) is 39.9 Å². The van der Waals surface area contributed by atoms with E-state index in [1.807, 2.05) is 5.57 Å². The number of carbonyl (C=O) groups is 1. The summed E-state index contributed by atoms with van der Waals surface area (Å²) < 4.78 is 0. The number of hydrogen-bond donors (Lipinski definition) is 1. The number of aliphatic hydroxyl groups excluding tert-OH is 1.